The van der Waals surface area contributed by atoms with E-state index in [1.54, 1.807) is 18.0 Å². The molecule has 4 heteroatoms. The molecular formula is C17H17N3S. The highest BCUT2D eigenvalue weighted by atomic mass is 32.2. The van der Waals surface area contributed by atoms with Crippen LogP contribution in [0.3, 0.4) is 0 Å². The lowest BCUT2D eigenvalue weighted by molar-refractivity contribution is 0.739. The van der Waals surface area contributed by atoms with Crippen molar-refractivity contribution < 1.29 is 0 Å². The number of nitrogens with two attached hydrogens (primary N) is 1. The van der Waals surface area contributed by atoms with Crippen LogP contribution in [0.4, 0.5) is 0 Å². The second-order valence-corrected chi connectivity index (χ2v) is 5.63. The molecule has 0 saturated carbocycles. The zero-order valence-electron chi connectivity index (χ0n) is 11.8. The quantitative estimate of drug-likeness (QED) is 0.747. The number of para-hydroxylation sites is 1. The molecule has 0 spiro atoms. The van der Waals surface area contributed by atoms with Gasteiger partial charge in [-0.25, -0.2) is 4.68 Å². The summed E-state index contributed by atoms with van der Waals surface area (Å²) in [6, 6.07) is 20.2. The van der Waals surface area contributed by atoms with E-state index in [1.807, 2.05) is 41.1 Å². The minimum atomic E-state index is -0.191. The fourth-order valence-electron chi connectivity index (χ4n) is 2.32. The van der Waals surface area contributed by atoms with Crippen molar-refractivity contribution in [3.05, 3.63) is 78.1 Å². The Morgan fingerprint density at radius 3 is 2.38 bits per heavy atom. The minimum absolute atomic E-state index is 0.191. The Kier molecular flexibility index (Phi) is 4.08. The summed E-state index contributed by atoms with van der Waals surface area (Å²) in [7, 11) is 0. The molecule has 0 aliphatic carbocycles. The number of nitrogens with zero attached hydrogens (tertiary/aromatic N) is 2. The molecule has 2 aromatic carbocycles. The van der Waals surface area contributed by atoms with Gasteiger partial charge in [0.1, 0.15) is 0 Å². The fraction of sp³-hybridized carbons (Fsp3) is 0.118. The van der Waals surface area contributed by atoms with Crippen molar-refractivity contribution in [3.8, 4) is 5.69 Å². The van der Waals surface area contributed by atoms with Crippen molar-refractivity contribution in [3.63, 3.8) is 0 Å². The third-order valence-electron chi connectivity index (χ3n) is 3.47. The van der Waals surface area contributed by atoms with Gasteiger partial charge in [-0.05, 0) is 42.2 Å². The Labute approximate surface area is 128 Å². The summed E-state index contributed by atoms with van der Waals surface area (Å²) in [5, 5.41) is 4.40. The van der Waals surface area contributed by atoms with Gasteiger partial charge in [-0.2, -0.15) is 5.10 Å². The van der Waals surface area contributed by atoms with Crippen LogP contribution in [0.1, 0.15) is 17.3 Å². The molecule has 3 rings (SSSR count). The number of aromatic nitrogens is 2. The molecule has 1 aromatic heterocycles. The third-order valence-corrected chi connectivity index (χ3v) is 4.21. The predicted molar refractivity (Wildman–Crippen MR) is 87.8 cm³/mol. The maximum Gasteiger partial charge on any atom is 0.0727 e. The molecule has 21 heavy (non-hydrogen) atoms. The van der Waals surface area contributed by atoms with E-state index in [4.69, 9.17) is 5.73 Å². The minimum Gasteiger partial charge on any atom is -0.319 e. The van der Waals surface area contributed by atoms with E-state index in [1.165, 1.54) is 4.90 Å². The van der Waals surface area contributed by atoms with Crippen molar-refractivity contribution in [2.24, 2.45) is 5.73 Å². The average Bonchev–Trinajstić information content (AvgIpc) is 3.04. The van der Waals surface area contributed by atoms with E-state index < -0.39 is 0 Å². The lowest BCUT2D eigenvalue weighted by Gasteiger charge is -2.15. The summed E-state index contributed by atoms with van der Waals surface area (Å²) in [5.74, 6) is 0. The van der Waals surface area contributed by atoms with E-state index >= 15 is 0 Å². The molecular weight excluding hydrogens is 278 g/mol. The second-order valence-electron chi connectivity index (χ2n) is 4.75. The van der Waals surface area contributed by atoms with E-state index in [0.29, 0.717) is 0 Å². The normalized spacial score (nSPS) is 12.3. The summed E-state index contributed by atoms with van der Waals surface area (Å²) >= 11 is 1.73. The van der Waals surface area contributed by atoms with Crippen LogP contribution in [0, 0.1) is 0 Å². The first-order valence-corrected chi connectivity index (χ1v) is 8.01. The average molecular weight is 295 g/mol. The van der Waals surface area contributed by atoms with Gasteiger partial charge in [0, 0.05) is 11.1 Å². The van der Waals surface area contributed by atoms with Crippen LogP contribution in [-0.2, 0) is 0 Å². The van der Waals surface area contributed by atoms with E-state index in [2.05, 4.69) is 35.6 Å². The first-order valence-electron chi connectivity index (χ1n) is 6.78. The fourth-order valence-corrected chi connectivity index (χ4v) is 2.72. The van der Waals surface area contributed by atoms with Crippen LogP contribution in [-0.4, -0.2) is 16.0 Å². The summed E-state index contributed by atoms with van der Waals surface area (Å²) in [4.78, 5) is 1.24. The lowest BCUT2D eigenvalue weighted by Crippen LogP contribution is -2.16. The van der Waals surface area contributed by atoms with Gasteiger partial charge in [-0.15, -0.1) is 11.8 Å². The summed E-state index contributed by atoms with van der Waals surface area (Å²) in [6.07, 6.45) is 3.86. The Morgan fingerprint density at radius 2 is 1.71 bits per heavy atom. The van der Waals surface area contributed by atoms with Crippen LogP contribution >= 0.6 is 11.8 Å². The monoisotopic (exact) mass is 295 g/mol. The molecule has 1 atom stereocenters. The van der Waals surface area contributed by atoms with E-state index in [9.17, 15) is 0 Å². The number of benzene rings is 2. The molecule has 3 nitrogen and oxygen atoms in total. The standard InChI is InChI=1S/C17H17N3S/c1-21-15-9-7-13(8-10-15)17(18)16-11-12-19-20(16)14-5-3-2-4-6-14/h2-12,17H,18H2,1H3. The Morgan fingerprint density at radius 1 is 1.00 bits per heavy atom. The van der Waals surface area contributed by atoms with Gasteiger partial charge < -0.3 is 5.73 Å². The van der Waals surface area contributed by atoms with Crippen LogP contribution in [0.15, 0.2) is 71.8 Å². The molecule has 2 N–H and O–H groups in total. The first-order chi connectivity index (χ1) is 10.3. The molecule has 1 heterocycles. The van der Waals surface area contributed by atoms with Crippen molar-refractivity contribution >= 4 is 11.8 Å². The molecule has 0 amide bonds. The van der Waals surface area contributed by atoms with Gasteiger partial charge in [0.05, 0.1) is 17.4 Å². The highest BCUT2D eigenvalue weighted by Gasteiger charge is 2.14. The molecule has 0 aliphatic heterocycles. The van der Waals surface area contributed by atoms with Gasteiger partial charge in [-0.1, -0.05) is 30.3 Å². The number of rotatable bonds is 4. The van der Waals surface area contributed by atoms with Crippen molar-refractivity contribution in [2.75, 3.05) is 6.26 Å². The van der Waals surface area contributed by atoms with E-state index in [0.717, 1.165) is 16.9 Å². The van der Waals surface area contributed by atoms with E-state index in [-0.39, 0.29) is 6.04 Å². The van der Waals surface area contributed by atoms with Gasteiger partial charge in [0.2, 0.25) is 0 Å². The van der Waals surface area contributed by atoms with Crippen molar-refractivity contribution in [2.45, 2.75) is 10.9 Å². The second kappa shape index (κ2) is 6.16. The molecule has 1 unspecified atom stereocenters. The topological polar surface area (TPSA) is 43.8 Å². The smallest absolute Gasteiger partial charge is 0.0727 e. The van der Waals surface area contributed by atoms with Crippen LogP contribution in [0.5, 0.6) is 0 Å². The molecule has 106 valence electrons. The molecule has 0 fully saturated rings. The van der Waals surface area contributed by atoms with Crippen LogP contribution in [0.2, 0.25) is 0 Å². The summed E-state index contributed by atoms with van der Waals surface area (Å²) < 4.78 is 1.90. The Hall–Kier alpha value is -2.04. The van der Waals surface area contributed by atoms with Crippen molar-refractivity contribution in [1.29, 1.82) is 0 Å². The van der Waals surface area contributed by atoms with Gasteiger partial charge in [-0.3, -0.25) is 0 Å². The Bertz CT molecular complexity index is 704. The van der Waals surface area contributed by atoms with Gasteiger partial charge in [0.25, 0.3) is 0 Å². The first kappa shape index (κ1) is 13.9. The molecule has 0 aliphatic rings. The molecule has 0 saturated heterocycles. The van der Waals surface area contributed by atoms with Crippen molar-refractivity contribution in [1.82, 2.24) is 9.78 Å². The largest absolute Gasteiger partial charge is 0.319 e. The summed E-state index contributed by atoms with van der Waals surface area (Å²) in [5.41, 5.74) is 9.52. The van der Waals surface area contributed by atoms with Gasteiger partial charge in [0.15, 0.2) is 0 Å². The predicted octanol–water partition coefficient (Wildman–Crippen LogP) is 3.64. The zero-order valence-corrected chi connectivity index (χ0v) is 12.6. The number of hydrogen-bond acceptors (Lipinski definition) is 3. The zero-order chi connectivity index (χ0) is 14.7. The molecule has 0 bridgehead atoms. The maximum absolute atomic E-state index is 6.42. The molecule has 0 radical (unpaired) electrons. The van der Waals surface area contributed by atoms with Crippen LogP contribution in [0.25, 0.3) is 5.69 Å². The molecule has 3 aromatic rings. The number of thioether (sulfide) groups is 1. The SMILES string of the molecule is CSc1ccc(C(N)c2ccnn2-c2ccccc2)cc1. The van der Waals surface area contributed by atoms with Gasteiger partial charge >= 0.3 is 0 Å². The number of hydrogen-bond donors (Lipinski definition) is 1. The highest BCUT2D eigenvalue weighted by molar-refractivity contribution is 7.98. The lowest BCUT2D eigenvalue weighted by atomic mass is 10.0. The maximum atomic E-state index is 6.42. The third kappa shape index (κ3) is 2.86. The van der Waals surface area contributed by atoms with Crippen LogP contribution < -0.4 is 5.73 Å². The highest BCUT2D eigenvalue weighted by Crippen LogP contribution is 2.24. The summed E-state index contributed by atoms with van der Waals surface area (Å²) in [6.45, 7) is 0. The Balaban J connectivity index is 1.95.